The van der Waals surface area contributed by atoms with Gasteiger partial charge < -0.3 is 4.12 Å². The van der Waals surface area contributed by atoms with E-state index in [1.807, 2.05) is 0 Å². The van der Waals surface area contributed by atoms with Crippen molar-refractivity contribution in [2.24, 2.45) is 0 Å². The Morgan fingerprint density at radius 1 is 1.14 bits per heavy atom. The van der Waals surface area contributed by atoms with Crippen LogP contribution in [0.1, 0.15) is 27.7 Å². The standard InChI is InChI=1S/C11H26OSi2/c1-6-11-14(9-4,10-5)12-13(7-2)8-3/h6,13H,1,7-11H2,2-5H3. The van der Waals surface area contributed by atoms with Crippen LogP contribution in [-0.4, -0.2) is 17.4 Å². The van der Waals surface area contributed by atoms with Gasteiger partial charge in [-0.2, -0.15) is 0 Å². The van der Waals surface area contributed by atoms with E-state index in [-0.39, 0.29) is 0 Å². The van der Waals surface area contributed by atoms with Crippen LogP contribution in [0, 0.1) is 0 Å². The minimum absolute atomic E-state index is 0.870. The zero-order valence-corrected chi connectivity index (χ0v) is 12.5. The minimum atomic E-state index is -1.40. The number of allylic oxidation sites excluding steroid dienone is 1. The largest absolute Gasteiger partial charge is 0.457 e. The van der Waals surface area contributed by atoms with E-state index in [0.29, 0.717) is 0 Å². The second kappa shape index (κ2) is 7.43. The predicted molar refractivity (Wildman–Crippen MR) is 70.9 cm³/mol. The minimum Gasteiger partial charge on any atom is -0.457 e. The van der Waals surface area contributed by atoms with Gasteiger partial charge in [-0.3, -0.25) is 0 Å². The van der Waals surface area contributed by atoms with Gasteiger partial charge in [-0.25, -0.2) is 0 Å². The molecule has 0 N–H and O–H groups in total. The van der Waals surface area contributed by atoms with Crippen LogP contribution in [0.5, 0.6) is 0 Å². The Balaban J connectivity index is 4.38. The second-order valence-electron chi connectivity index (χ2n) is 3.94. The van der Waals surface area contributed by atoms with Crippen molar-refractivity contribution < 1.29 is 4.12 Å². The summed E-state index contributed by atoms with van der Waals surface area (Å²) in [6.07, 6.45) is 2.07. The summed E-state index contributed by atoms with van der Waals surface area (Å²) >= 11 is 0. The van der Waals surface area contributed by atoms with Crippen LogP contribution in [-0.2, 0) is 4.12 Å². The van der Waals surface area contributed by atoms with E-state index in [2.05, 4.69) is 40.3 Å². The Labute approximate surface area is 92.4 Å². The lowest BCUT2D eigenvalue weighted by Crippen LogP contribution is -2.41. The Morgan fingerprint density at radius 3 is 1.93 bits per heavy atom. The molecule has 0 atom stereocenters. The van der Waals surface area contributed by atoms with Crippen LogP contribution in [0.15, 0.2) is 12.7 Å². The highest BCUT2D eigenvalue weighted by Gasteiger charge is 2.31. The first-order chi connectivity index (χ1) is 6.67. The SMILES string of the molecule is C=CC[Si](CC)(CC)O[SiH](CC)CC. The van der Waals surface area contributed by atoms with Gasteiger partial charge in [0.25, 0.3) is 0 Å². The molecule has 0 fully saturated rings. The van der Waals surface area contributed by atoms with E-state index >= 15 is 0 Å². The van der Waals surface area contributed by atoms with E-state index in [1.54, 1.807) is 0 Å². The number of hydrogen-bond donors (Lipinski definition) is 0. The smallest absolute Gasteiger partial charge is 0.182 e. The summed E-state index contributed by atoms with van der Waals surface area (Å²) in [4.78, 5) is 0. The molecule has 1 nitrogen and oxygen atoms in total. The molecule has 0 unspecified atom stereocenters. The monoisotopic (exact) mass is 230 g/mol. The van der Waals surface area contributed by atoms with Crippen molar-refractivity contribution in [3.05, 3.63) is 12.7 Å². The van der Waals surface area contributed by atoms with Gasteiger partial charge in [0.2, 0.25) is 0 Å². The quantitative estimate of drug-likeness (QED) is 0.453. The average Bonchev–Trinajstić information content (AvgIpc) is 2.24. The summed E-state index contributed by atoms with van der Waals surface area (Å²) in [6.45, 7) is 13.0. The van der Waals surface area contributed by atoms with Crippen molar-refractivity contribution in [1.82, 2.24) is 0 Å². The summed E-state index contributed by atoms with van der Waals surface area (Å²) in [6, 6.07) is 6.20. The van der Waals surface area contributed by atoms with Gasteiger partial charge >= 0.3 is 0 Å². The molecule has 0 spiro atoms. The van der Waals surface area contributed by atoms with Gasteiger partial charge in [-0.05, 0) is 30.2 Å². The van der Waals surface area contributed by atoms with E-state index in [0.717, 1.165) is 6.04 Å². The lowest BCUT2D eigenvalue weighted by molar-refractivity contribution is 0.544. The van der Waals surface area contributed by atoms with Gasteiger partial charge in [-0.1, -0.05) is 33.8 Å². The highest BCUT2D eigenvalue weighted by Crippen LogP contribution is 2.24. The molecule has 0 aliphatic rings. The van der Waals surface area contributed by atoms with Crippen LogP contribution < -0.4 is 0 Å². The van der Waals surface area contributed by atoms with Crippen LogP contribution in [0.25, 0.3) is 0 Å². The van der Waals surface area contributed by atoms with Crippen LogP contribution in [0.4, 0.5) is 0 Å². The van der Waals surface area contributed by atoms with Crippen molar-refractivity contribution in [1.29, 1.82) is 0 Å². The third-order valence-electron chi connectivity index (χ3n) is 3.13. The van der Waals surface area contributed by atoms with Crippen molar-refractivity contribution in [2.45, 2.75) is 57.9 Å². The van der Waals surface area contributed by atoms with Gasteiger partial charge in [0.1, 0.15) is 0 Å². The highest BCUT2D eigenvalue weighted by molar-refractivity contribution is 6.80. The third-order valence-corrected chi connectivity index (χ3v) is 11.9. The fraction of sp³-hybridized carbons (Fsp3) is 0.818. The van der Waals surface area contributed by atoms with E-state index in [1.165, 1.54) is 24.2 Å². The second-order valence-corrected chi connectivity index (χ2v) is 11.9. The molecule has 0 aliphatic heterocycles. The molecule has 0 saturated heterocycles. The fourth-order valence-electron chi connectivity index (χ4n) is 1.83. The normalized spacial score (nSPS) is 12.1. The van der Waals surface area contributed by atoms with Crippen molar-refractivity contribution in [3.8, 4) is 0 Å². The Bertz CT molecular complexity index is 151. The predicted octanol–water partition coefficient (Wildman–Crippen LogP) is 3.94. The first-order valence-electron chi connectivity index (χ1n) is 5.96. The maximum Gasteiger partial charge on any atom is 0.182 e. The van der Waals surface area contributed by atoms with Crippen LogP contribution in [0.3, 0.4) is 0 Å². The number of hydrogen-bond acceptors (Lipinski definition) is 1. The molecule has 0 aromatic carbocycles. The van der Waals surface area contributed by atoms with Gasteiger partial charge in [0.15, 0.2) is 17.4 Å². The van der Waals surface area contributed by atoms with Gasteiger partial charge in [-0.15, -0.1) is 6.58 Å². The average molecular weight is 230 g/mol. The van der Waals surface area contributed by atoms with Crippen molar-refractivity contribution in [2.75, 3.05) is 0 Å². The maximum atomic E-state index is 6.48. The summed E-state index contributed by atoms with van der Waals surface area (Å²) in [5.41, 5.74) is 0. The van der Waals surface area contributed by atoms with E-state index in [4.69, 9.17) is 4.12 Å². The molecular formula is C11H26OSi2. The summed E-state index contributed by atoms with van der Waals surface area (Å²) in [7, 11) is -2.27. The van der Waals surface area contributed by atoms with E-state index in [9.17, 15) is 0 Å². The molecule has 0 aromatic rings. The first kappa shape index (κ1) is 14.1. The Morgan fingerprint density at radius 2 is 1.64 bits per heavy atom. The Kier molecular flexibility index (Phi) is 7.50. The fourth-order valence-corrected chi connectivity index (χ4v) is 9.89. The van der Waals surface area contributed by atoms with Gasteiger partial charge in [0, 0.05) is 0 Å². The first-order valence-corrected chi connectivity index (χ1v) is 10.6. The van der Waals surface area contributed by atoms with E-state index < -0.39 is 17.4 Å². The molecular weight excluding hydrogens is 204 g/mol. The lowest BCUT2D eigenvalue weighted by atomic mass is 10.8. The molecule has 0 amide bonds. The molecule has 0 saturated carbocycles. The molecule has 0 heterocycles. The number of rotatable bonds is 8. The highest BCUT2D eigenvalue weighted by atomic mass is 28.4. The molecule has 0 aromatic heterocycles. The van der Waals surface area contributed by atoms with Crippen molar-refractivity contribution >= 4 is 17.4 Å². The lowest BCUT2D eigenvalue weighted by Gasteiger charge is -2.32. The third kappa shape index (κ3) is 4.11. The van der Waals surface area contributed by atoms with Crippen molar-refractivity contribution in [3.63, 3.8) is 0 Å². The molecule has 0 rings (SSSR count). The molecule has 3 heteroatoms. The summed E-state index contributed by atoms with van der Waals surface area (Å²) in [5, 5.41) is 0. The van der Waals surface area contributed by atoms with Gasteiger partial charge in [0.05, 0.1) is 0 Å². The van der Waals surface area contributed by atoms with Crippen LogP contribution in [0.2, 0.25) is 30.2 Å². The Hall–Kier alpha value is 0.134. The summed E-state index contributed by atoms with van der Waals surface area (Å²) < 4.78 is 6.48. The summed E-state index contributed by atoms with van der Waals surface area (Å²) in [5.74, 6) is 0. The topological polar surface area (TPSA) is 9.23 Å². The molecule has 14 heavy (non-hydrogen) atoms. The molecule has 0 radical (unpaired) electrons. The maximum absolute atomic E-state index is 6.48. The van der Waals surface area contributed by atoms with Crippen LogP contribution >= 0.6 is 0 Å². The molecule has 84 valence electrons. The zero-order chi connectivity index (χ0) is 11.0. The zero-order valence-electron chi connectivity index (χ0n) is 10.3. The molecule has 0 aliphatic carbocycles. The molecule has 0 bridgehead atoms.